The summed E-state index contributed by atoms with van der Waals surface area (Å²) in [6.45, 7) is 4.92. The summed E-state index contributed by atoms with van der Waals surface area (Å²) in [4.78, 5) is 0.311. The number of benzene rings is 1. The molecule has 0 unspecified atom stereocenters. The smallest absolute Gasteiger partial charge is 0.243 e. The van der Waals surface area contributed by atoms with Gasteiger partial charge < -0.3 is 5.32 Å². The number of nitrogens with one attached hydrogen (secondary N) is 2. The van der Waals surface area contributed by atoms with E-state index in [1.165, 1.54) is 0 Å². The quantitative estimate of drug-likeness (QED) is 0.494. The van der Waals surface area contributed by atoms with Crippen LogP contribution >= 0.6 is 12.2 Å². The van der Waals surface area contributed by atoms with Crippen molar-refractivity contribution in [2.24, 2.45) is 5.10 Å². The van der Waals surface area contributed by atoms with E-state index in [0.29, 0.717) is 28.8 Å². The monoisotopic (exact) mass is 354 g/mol. The van der Waals surface area contributed by atoms with Gasteiger partial charge in [-0.2, -0.15) is 9.41 Å². The Bertz CT molecular complexity index is 674. The second-order valence-corrected chi connectivity index (χ2v) is 7.96. The van der Waals surface area contributed by atoms with E-state index in [1.54, 1.807) is 28.6 Å². The number of hydrazone groups is 1. The van der Waals surface area contributed by atoms with E-state index in [4.69, 9.17) is 12.2 Å². The molecule has 0 aliphatic carbocycles. The molecule has 0 radical (unpaired) electrons. The van der Waals surface area contributed by atoms with Crippen molar-refractivity contribution in [3.05, 3.63) is 24.3 Å². The van der Waals surface area contributed by atoms with E-state index in [1.807, 2.05) is 13.8 Å². The van der Waals surface area contributed by atoms with Crippen molar-refractivity contribution < 1.29 is 8.42 Å². The van der Waals surface area contributed by atoms with Crippen LogP contribution in [0.3, 0.4) is 0 Å². The van der Waals surface area contributed by atoms with E-state index in [2.05, 4.69) is 15.8 Å². The third-order valence-electron chi connectivity index (χ3n) is 3.45. The number of thiocarbonyl (C=S) groups is 1. The van der Waals surface area contributed by atoms with Crippen LogP contribution in [0, 0.1) is 0 Å². The molecule has 8 heteroatoms. The summed E-state index contributed by atoms with van der Waals surface area (Å²) in [5.74, 6) is 0. The number of rotatable bonds is 4. The van der Waals surface area contributed by atoms with Gasteiger partial charge in [0.05, 0.1) is 4.90 Å². The maximum absolute atomic E-state index is 12.5. The fraction of sp³-hybridized carbons (Fsp3) is 0.467. The van der Waals surface area contributed by atoms with E-state index in [9.17, 15) is 8.42 Å². The van der Waals surface area contributed by atoms with E-state index >= 15 is 0 Å². The summed E-state index contributed by atoms with van der Waals surface area (Å²) in [6.07, 6.45) is 2.95. The minimum absolute atomic E-state index is 0.311. The molecule has 1 aliphatic heterocycles. The van der Waals surface area contributed by atoms with Gasteiger partial charge in [0.2, 0.25) is 10.0 Å². The van der Waals surface area contributed by atoms with Crippen LogP contribution in [0.15, 0.2) is 34.3 Å². The molecule has 6 nitrogen and oxygen atoms in total. The average molecular weight is 355 g/mol. The van der Waals surface area contributed by atoms with Crippen molar-refractivity contribution >= 4 is 38.8 Å². The Labute approximate surface area is 143 Å². The van der Waals surface area contributed by atoms with Crippen LogP contribution in [0.2, 0.25) is 0 Å². The Hall–Kier alpha value is -1.51. The number of hydrogen-bond donors (Lipinski definition) is 2. The van der Waals surface area contributed by atoms with Gasteiger partial charge >= 0.3 is 0 Å². The molecular weight excluding hydrogens is 332 g/mol. The number of anilines is 1. The minimum atomic E-state index is -3.39. The first kappa shape index (κ1) is 17.8. The van der Waals surface area contributed by atoms with E-state index < -0.39 is 10.0 Å². The zero-order chi connectivity index (χ0) is 16.9. The Kier molecular flexibility index (Phi) is 6.09. The van der Waals surface area contributed by atoms with Crippen LogP contribution < -0.4 is 10.7 Å². The first-order valence-electron chi connectivity index (χ1n) is 7.58. The normalized spacial score (nSPS) is 15.7. The lowest BCUT2D eigenvalue weighted by Gasteiger charge is -2.25. The van der Waals surface area contributed by atoms with E-state index in [-0.39, 0.29) is 0 Å². The van der Waals surface area contributed by atoms with Gasteiger partial charge in [0.25, 0.3) is 0 Å². The highest BCUT2D eigenvalue weighted by molar-refractivity contribution is 7.89. The molecule has 23 heavy (non-hydrogen) atoms. The third kappa shape index (κ3) is 4.98. The Morgan fingerprint density at radius 3 is 2.30 bits per heavy atom. The van der Waals surface area contributed by atoms with Gasteiger partial charge in [-0.25, -0.2) is 8.42 Å². The zero-order valence-electron chi connectivity index (χ0n) is 13.4. The van der Waals surface area contributed by atoms with Gasteiger partial charge in [-0.1, -0.05) is 6.42 Å². The predicted octanol–water partition coefficient (Wildman–Crippen LogP) is 2.54. The first-order chi connectivity index (χ1) is 10.9. The molecular formula is C15H22N4O2S2. The fourth-order valence-electron chi connectivity index (χ4n) is 2.29. The van der Waals surface area contributed by atoms with Crippen molar-refractivity contribution in [1.82, 2.24) is 9.73 Å². The molecule has 1 aromatic carbocycles. The van der Waals surface area contributed by atoms with Crippen LogP contribution in [0.4, 0.5) is 5.69 Å². The molecule has 0 aromatic heterocycles. The number of sulfonamides is 1. The molecule has 1 aromatic rings. The van der Waals surface area contributed by atoms with Crippen LogP contribution in [0.25, 0.3) is 0 Å². The summed E-state index contributed by atoms with van der Waals surface area (Å²) >= 11 is 5.11. The second-order valence-electron chi connectivity index (χ2n) is 5.61. The van der Waals surface area contributed by atoms with Crippen molar-refractivity contribution in [1.29, 1.82) is 0 Å². The zero-order valence-corrected chi connectivity index (χ0v) is 15.0. The van der Waals surface area contributed by atoms with Crippen molar-refractivity contribution in [3.8, 4) is 0 Å². The molecule has 0 bridgehead atoms. The molecule has 126 valence electrons. The summed E-state index contributed by atoms with van der Waals surface area (Å²) < 4.78 is 26.7. The average Bonchev–Trinajstić information content (AvgIpc) is 2.54. The van der Waals surface area contributed by atoms with E-state index in [0.717, 1.165) is 25.0 Å². The molecule has 0 spiro atoms. The molecule has 1 fully saturated rings. The fourth-order valence-corrected chi connectivity index (χ4v) is 3.97. The van der Waals surface area contributed by atoms with Crippen molar-refractivity contribution in [2.45, 2.75) is 38.0 Å². The predicted molar refractivity (Wildman–Crippen MR) is 97.2 cm³/mol. The van der Waals surface area contributed by atoms with Gasteiger partial charge in [-0.15, -0.1) is 0 Å². The highest BCUT2D eigenvalue weighted by Crippen LogP contribution is 2.21. The SMILES string of the molecule is CC(C)=NNC(=S)Nc1ccc(S(=O)(=O)N2CCCCC2)cc1. The number of piperidine rings is 1. The van der Waals surface area contributed by atoms with Crippen LogP contribution in [-0.2, 0) is 10.0 Å². The van der Waals surface area contributed by atoms with Gasteiger partial charge in [0.1, 0.15) is 0 Å². The van der Waals surface area contributed by atoms with Crippen LogP contribution in [-0.4, -0.2) is 36.6 Å². The van der Waals surface area contributed by atoms with Crippen LogP contribution in [0.1, 0.15) is 33.1 Å². The Morgan fingerprint density at radius 2 is 1.74 bits per heavy atom. The first-order valence-corrected chi connectivity index (χ1v) is 9.42. The van der Waals surface area contributed by atoms with Gasteiger partial charge in [0.15, 0.2) is 5.11 Å². The molecule has 2 N–H and O–H groups in total. The molecule has 0 saturated carbocycles. The second kappa shape index (κ2) is 7.85. The van der Waals surface area contributed by atoms with Gasteiger partial charge in [-0.05, 0) is 63.2 Å². The summed E-state index contributed by atoms with van der Waals surface area (Å²) in [7, 11) is -3.39. The molecule has 1 saturated heterocycles. The maximum Gasteiger partial charge on any atom is 0.243 e. The Morgan fingerprint density at radius 1 is 1.13 bits per heavy atom. The lowest BCUT2D eigenvalue weighted by molar-refractivity contribution is 0.346. The number of nitrogens with zero attached hydrogens (tertiary/aromatic N) is 2. The number of hydrogen-bond acceptors (Lipinski definition) is 4. The topological polar surface area (TPSA) is 73.8 Å². The highest BCUT2D eigenvalue weighted by atomic mass is 32.2. The summed E-state index contributed by atoms with van der Waals surface area (Å²) in [6, 6.07) is 6.60. The maximum atomic E-state index is 12.5. The third-order valence-corrected chi connectivity index (χ3v) is 5.55. The van der Waals surface area contributed by atoms with Gasteiger partial charge in [-0.3, -0.25) is 5.43 Å². The standard InChI is InChI=1S/C15H22N4O2S2/c1-12(2)17-18-15(22)16-13-6-8-14(9-7-13)23(20,21)19-10-4-3-5-11-19/h6-9H,3-5,10-11H2,1-2H3,(H2,16,18,22). The molecule has 0 atom stereocenters. The highest BCUT2D eigenvalue weighted by Gasteiger charge is 2.25. The summed E-state index contributed by atoms with van der Waals surface area (Å²) in [5, 5.41) is 7.32. The molecule has 0 amide bonds. The molecule has 1 aliphatic rings. The molecule has 2 rings (SSSR count). The Balaban J connectivity index is 2.04. The lowest BCUT2D eigenvalue weighted by Crippen LogP contribution is -2.35. The van der Waals surface area contributed by atoms with Crippen molar-refractivity contribution in [2.75, 3.05) is 18.4 Å². The largest absolute Gasteiger partial charge is 0.331 e. The molecule has 1 heterocycles. The summed E-state index contributed by atoms with van der Waals surface area (Å²) in [5.41, 5.74) is 4.28. The van der Waals surface area contributed by atoms with Gasteiger partial charge in [0, 0.05) is 24.5 Å². The minimum Gasteiger partial charge on any atom is -0.331 e. The van der Waals surface area contributed by atoms with Crippen LogP contribution in [0.5, 0.6) is 0 Å². The lowest BCUT2D eigenvalue weighted by atomic mass is 10.2. The van der Waals surface area contributed by atoms with Crippen molar-refractivity contribution in [3.63, 3.8) is 0 Å².